The minimum absolute atomic E-state index is 0.290. The van der Waals surface area contributed by atoms with Crippen LogP contribution in [-0.2, 0) is 0 Å². The zero-order valence-corrected chi connectivity index (χ0v) is 8.66. The van der Waals surface area contributed by atoms with Gasteiger partial charge in [0.1, 0.15) is 0 Å². The molecule has 0 amide bonds. The Morgan fingerprint density at radius 1 is 1.46 bits per heavy atom. The number of hydrogen-bond donors (Lipinski definition) is 0. The predicted octanol–water partition coefficient (Wildman–Crippen LogP) is 3.90. The molecular formula is C10H19N3. The first-order valence-corrected chi connectivity index (χ1v) is 5.21. The lowest BCUT2D eigenvalue weighted by molar-refractivity contribution is 0.175. The second kappa shape index (κ2) is 4.52. The highest BCUT2D eigenvalue weighted by Crippen LogP contribution is 2.39. The first-order valence-electron chi connectivity index (χ1n) is 5.21. The van der Waals surface area contributed by atoms with Crippen LogP contribution in [0.3, 0.4) is 0 Å². The van der Waals surface area contributed by atoms with Gasteiger partial charge in [0.2, 0.25) is 0 Å². The average Bonchev–Trinajstić information content (AvgIpc) is 2.16. The van der Waals surface area contributed by atoms with Gasteiger partial charge in [-0.05, 0) is 42.5 Å². The van der Waals surface area contributed by atoms with Crippen molar-refractivity contribution >= 4 is 0 Å². The quantitative estimate of drug-likeness (QED) is 0.360. The van der Waals surface area contributed by atoms with Crippen LogP contribution in [0.25, 0.3) is 10.4 Å². The normalized spacial score (nSPS) is 33.8. The molecule has 1 fully saturated rings. The average molecular weight is 181 g/mol. The lowest BCUT2D eigenvalue weighted by atomic mass is 9.71. The van der Waals surface area contributed by atoms with Gasteiger partial charge in [-0.25, -0.2) is 0 Å². The molecule has 3 nitrogen and oxygen atoms in total. The molecule has 0 unspecified atom stereocenters. The predicted molar refractivity (Wildman–Crippen MR) is 54.4 cm³/mol. The summed E-state index contributed by atoms with van der Waals surface area (Å²) in [5.41, 5.74) is 8.56. The van der Waals surface area contributed by atoms with E-state index in [-0.39, 0.29) is 5.41 Å². The molecule has 0 radical (unpaired) electrons. The highest BCUT2D eigenvalue weighted by atomic mass is 15.1. The lowest BCUT2D eigenvalue weighted by Crippen LogP contribution is -2.26. The van der Waals surface area contributed by atoms with E-state index in [0.717, 1.165) is 5.92 Å². The molecule has 0 aromatic carbocycles. The van der Waals surface area contributed by atoms with Crippen molar-refractivity contribution in [1.29, 1.82) is 0 Å². The number of hydrogen-bond acceptors (Lipinski definition) is 1. The van der Waals surface area contributed by atoms with Gasteiger partial charge in [0, 0.05) is 11.5 Å². The van der Waals surface area contributed by atoms with Crippen LogP contribution in [0.1, 0.15) is 46.0 Å². The molecule has 3 heteroatoms. The third-order valence-electron chi connectivity index (χ3n) is 3.41. The Bertz CT molecular complexity index is 198. The maximum Gasteiger partial charge on any atom is 0.0311 e. The Hall–Kier alpha value is -0.690. The SMILES string of the molecule is CCC1CCC(C)(CN=[N+]=[N-])CC1. The Morgan fingerprint density at radius 3 is 2.54 bits per heavy atom. The Labute approximate surface area is 80.2 Å². The highest BCUT2D eigenvalue weighted by Gasteiger charge is 2.29. The standard InChI is InChI=1S/C10H19N3/c1-3-9-4-6-10(2,7-5-9)8-12-13-11/h9H,3-8H2,1-2H3. The van der Waals surface area contributed by atoms with E-state index in [4.69, 9.17) is 5.53 Å². The van der Waals surface area contributed by atoms with Crippen LogP contribution in [0.2, 0.25) is 0 Å². The van der Waals surface area contributed by atoms with Gasteiger partial charge < -0.3 is 0 Å². The topological polar surface area (TPSA) is 48.8 Å². The van der Waals surface area contributed by atoms with Gasteiger partial charge in [0.25, 0.3) is 0 Å². The van der Waals surface area contributed by atoms with E-state index in [0.29, 0.717) is 6.54 Å². The molecule has 0 bridgehead atoms. The van der Waals surface area contributed by atoms with Crippen molar-refractivity contribution in [3.63, 3.8) is 0 Å². The van der Waals surface area contributed by atoms with E-state index < -0.39 is 0 Å². The molecule has 0 atom stereocenters. The molecule has 0 aliphatic heterocycles. The summed E-state index contributed by atoms with van der Waals surface area (Å²) in [4.78, 5) is 2.84. The Morgan fingerprint density at radius 2 is 2.08 bits per heavy atom. The van der Waals surface area contributed by atoms with Crippen LogP contribution in [0, 0.1) is 11.3 Å². The van der Waals surface area contributed by atoms with Crippen molar-refractivity contribution in [1.82, 2.24) is 0 Å². The van der Waals surface area contributed by atoms with Crippen LogP contribution < -0.4 is 0 Å². The summed E-state index contributed by atoms with van der Waals surface area (Å²) in [6, 6.07) is 0. The summed E-state index contributed by atoms with van der Waals surface area (Å²) in [5.74, 6) is 0.916. The molecule has 1 aliphatic rings. The lowest BCUT2D eigenvalue weighted by Gasteiger charge is -2.36. The molecule has 1 aliphatic carbocycles. The van der Waals surface area contributed by atoms with Crippen molar-refractivity contribution in [2.45, 2.75) is 46.0 Å². The molecule has 0 aromatic heterocycles. The van der Waals surface area contributed by atoms with Crippen LogP contribution in [0.4, 0.5) is 0 Å². The number of azide groups is 1. The first-order chi connectivity index (χ1) is 6.20. The van der Waals surface area contributed by atoms with E-state index in [9.17, 15) is 0 Å². The van der Waals surface area contributed by atoms with Crippen molar-refractivity contribution < 1.29 is 0 Å². The van der Waals surface area contributed by atoms with Crippen LogP contribution >= 0.6 is 0 Å². The van der Waals surface area contributed by atoms with Crippen LogP contribution in [0.15, 0.2) is 5.11 Å². The Balaban J connectivity index is 2.41. The fourth-order valence-electron chi connectivity index (χ4n) is 2.14. The maximum absolute atomic E-state index is 8.27. The fourth-order valence-corrected chi connectivity index (χ4v) is 2.14. The molecule has 13 heavy (non-hydrogen) atoms. The largest absolute Gasteiger partial charge is 0.0934 e. The minimum atomic E-state index is 0.290. The summed E-state index contributed by atoms with van der Waals surface area (Å²) in [5, 5.41) is 3.70. The summed E-state index contributed by atoms with van der Waals surface area (Å²) in [6.45, 7) is 5.19. The molecule has 0 saturated heterocycles. The summed E-state index contributed by atoms with van der Waals surface area (Å²) in [6.07, 6.45) is 6.38. The van der Waals surface area contributed by atoms with Gasteiger partial charge in [0.05, 0.1) is 0 Å². The van der Waals surface area contributed by atoms with Gasteiger partial charge in [0.15, 0.2) is 0 Å². The zero-order valence-electron chi connectivity index (χ0n) is 8.66. The molecule has 0 spiro atoms. The second-order valence-electron chi connectivity index (χ2n) is 4.55. The van der Waals surface area contributed by atoms with Crippen molar-refractivity contribution in [2.24, 2.45) is 16.4 Å². The van der Waals surface area contributed by atoms with Crippen LogP contribution in [0.5, 0.6) is 0 Å². The van der Waals surface area contributed by atoms with Gasteiger partial charge in [-0.3, -0.25) is 0 Å². The van der Waals surface area contributed by atoms with E-state index in [2.05, 4.69) is 23.9 Å². The number of nitrogens with zero attached hydrogens (tertiary/aromatic N) is 3. The Kier molecular flexibility index (Phi) is 3.61. The maximum atomic E-state index is 8.27. The van der Waals surface area contributed by atoms with Gasteiger partial charge in [-0.15, -0.1) is 0 Å². The molecule has 1 rings (SSSR count). The first kappa shape index (κ1) is 10.4. The van der Waals surface area contributed by atoms with Gasteiger partial charge >= 0.3 is 0 Å². The third-order valence-corrected chi connectivity index (χ3v) is 3.41. The molecule has 0 aromatic rings. The molecule has 1 saturated carbocycles. The van der Waals surface area contributed by atoms with E-state index in [1.807, 2.05) is 0 Å². The zero-order chi connectivity index (χ0) is 9.73. The van der Waals surface area contributed by atoms with Crippen molar-refractivity contribution in [3.8, 4) is 0 Å². The second-order valence-corrected chi connectivity index (χ2v) is 4.55. The molecule has 0 heterocycles. The van der Waals surface area contributed by atoms with E-state index >= 15 is 0 Å². The summed E-state index contributed by atoms with van der Waals surface area (Å²) < 4.78 is 0. The van der Waals surface area contributed by atoms with E-state index in [1.165, 1.54) is 32.1 Å². The van der Waals surface area contributed by atoms with Crippen molar-refractivity contribution in [3.05, 3.63) is 10.4 Å². The van der Waals surface area contributed by atoms with Gasteiger partial charge in [-0.2, -0.15) is 0 Å². The molecule has 74 valence electrons. The number of rotatable bonds is 3. The fraction of sp³-hybridized carbons (Fsp3) is 1.00. The highest BCUT2D eigenvalue weighted by molar-refractivity contribution is 4.83. The van der Waals surface area contributed by atoms with Crippen molar-refractivity contribution in [2.75, 3.05) is 6.54 Å². The van der Waals surface area contributed by atoms with E-state index in [1.54, 1.807) is 0 Å². The van der Waals surface area contributed by atoms with Crippen LogP contribution in [-0.4, -0.2) is 6.54 Å². The molecular weight excluding hydrogens is 162 g/mol. The minimum Gasteiger partial charge on any atom is -0.0934 e. The monoisotopic (exact) mass is 181 g/mol. The third kappa shape index (κ3) is 2.92. The molecule has 0 N–H and O–H groups in total. The summed E-state index contributed by atoms with van der Waals surface area (Å²) >= 11 is 0. The summed E-state index contributed by atoms with van der Waals surface area (Å²) in [7, 11) is 0. The van der Waals surface area contributed by atoms with Gasteiger partial charge in [-0.1, -0.05) is 25.4 Å². The smallest absolute Gasteiger partial charge is 0.0311 e.